The van der Waals surface area contributed by atoms with Gasteiger partial charge < -0.3 is 10.1 Å². The second-order valence-electron chi connectivity index (χ2n) is 5.96. The topological polar surface area (TPSA) is 81.5 Å². The van der Waals surface area contributed by atoms with E-state index in [9.17, 15) is 19.3 Å². The zero-order chi connectivity index (χ0) is 18.7. The van der Waals surface area contributed by atoms with Crippen LogP contribution in [0.15, 0.2) is 30.3 Å². The van der Waals surface area contributed by atoms with Crippen LogP contribution in [0, 0.1) is 29.8 Å². The third-order valence-electron chi connectivity index (χ3n) is 3.59. The van der Waals surface area contributed by atoms with Crippen LogP contribution in [0.25, 0.3) is 0 Å². The Morgan fingerprint density at radius 1 is 1.24 bits per heavy atom. The van der Waals surface area contributed by atoms with Crippen LogP contribution in [-0.2, 0) is 0 Å². The van der Waals surface area contributed by atoms with Crippen LogP contribution < -0.4 is 10.1 Å². The molecule has 0 aliphatic rings. The summed E-state index contributed by atoms with van der Waals surface area (Å²) in [6, 6.07) is 7.21. The van der Waals surface area contributed by atoms with Crippen molar-refractivity contribution in [2.45, 2.75) is 33.8 Å². The van der Waals surface area contributed by atoms with E-state index in [1.54, 1.807) is 25.1 Å². The Bertz CT molecular complexity index is 834. The van der Waals surface area contributed by atoms with Crippen molar-refractivity contribution >= 4 is 17.3 Å². The van der Waals surface area contributed by atoms with Crippen LogP contribution in [0.2, 0.25) is 0 Å². The Morgan fingerprint density at radius 3 is 2.48 bits per heavy atom. The fourth-order valence-electron chi connectivity index (χ4n) is 2.30. The predicted molar refractivity (Wildman–Crippen MR) is 92.7 cm³/mol. The van der Waals surface area contributed by atoms with Gasteiger partial charge in [0.2, 0.25) is 0 Å². The molecular formula is C18H19FN2O4. The highest BCUT2D eigenvalue weighted by molar-refractivity contribution is 6.05. The summed E-state index contributed by atoms with van der Waals surface area (Å²) in [7, 11) is 0. The average Bonchev–Trinajstić information content (AvgIpc) is 2.51. The molecule has 1 amide bonds. The number of halogens is 1. The van der Waals surface area contributed by atoms with E-state index in [4.69, 9.17) is 4.74 Å². The zero-order valence-electron chi connectivity index (χ0n) is 14.4. The van der Waals surface area contributed by atoms with Crippen LogP contribution in [0.5, 0.6) is 5.75 Å². The van der Waals surface area contributed by atoms with Crippen molar-refractivity contribution in [3.05, 3.63) is 63.0 Å². The molecule has 2 aromatic rings. The monoisotopic (exact) mass is 346 g/mol. The highest BCUT2D eigenvalue weighted by Crippen LogP contribution is 2.25. The van der Waals surface area contributed by atoms with Gasteiger partial charge >= 0.3 is 0 Å². The van der Waals surface area contributed by atoms with E-state index in [0.717, 1.165) is 17.7 Å². The third-order valence-corrected chi connectivity index (χ3v) is 3.59. The van der Waals surface area contributed by atoms with Gasteiger partial charge in [0.25, 0.3) is 11.6 Å². The van der Waals surface area contributed by atoms with Crippen molar-refractivity contribution in [3.8, 4) is 5.75 Å². The van der Waals surface area contributed by atoms with E-state index in [1.807, 2.05) is 13.8 Å². The van der Waals surface area contributed by atoms with Crippen molar-refractivity contribution in [1.29, 1.82) is 0 Å². The molecule has 2 aromatic carbocycles. The summed E-state index contributed by atoms with van der Waals surface area (Å²) < 4.78 is 19.4. The first-order valence-electron chi connectivity index (χ1n) is 7.72. The zero-order valence-corrected chi connectivity index (χ0v) is 14.4. The molecule has 132 valence electrons. The van der Waals surface area contributed by atoms with E-state index in [2.05, 4.69) is 5.32 Å². The first-order valence-corrected chi connectivity index (χ1v) is 7.72. The normalized spacial score (nSPS) is 10.6. The number of rotatable bonds is 5. The standard InChI is InChI=1S/C18H19FN2O4/c1-10(2)25-14-5-6-16(11(3)7-14)20-18(22)13-8-15(19)12(4)17(9-13)21(23)24/h5-10H,1-4H3,(H,20,22). The number of benzene rings is 2. The molecule has 0 saturated heterocycles. The summed E-state index contributed by atoms with van der Waals surface area (Å²) >= 11 is 0. The molecule has 25 heavy (non-hydrogen) atoms. The molecule has 0 heterocycles. The van der Waals surface area contributed by atoms with E-state index in [0.29, 0.717) is 11.4 Å². The molecule has 1 N–H and O–H groups in total. The molecule has 0 aliphatic heterocycles. The Hall–Kier alpha value is -2.96. The minimum absolute atomic E-state index is 0.0240. The van der Waals surface area contributed by atoms with Gasteiger partial charge in [-0.3, -0.25) is 14.9 Å². The summed E-state index contributed by atoms with van der Waals surface area (Å²) in [6.07, 6.45) is 0.0240. The molecule has 0 atom stereocenters. The molecule has 0 saturated carbocycles. The molecule has 0 aliphatic carbocycles. The number of nitrogens with zero attached hydrogens (tertiary/aromatic N) is 1. The van der Waals surface area contributed by atoms with Crippen LogP contribution in [-0.4, -0.2) is 16.9 Å². The number of nitro groups is 1. The lowest BCUT2D eigenvalue weighted by Crippen LogP contribution is -2.14. The van der Waals surface area contributed by atoms with Crippen molar-refractivity contribution in [3.63, 3.8) is 0 Å². The number of nitro benzene ring substituents is 1. The number of anilines is 1. The lowest BCUT2D eigenvalue weighted by molar-refractivity contribution is -0.385. The molecule has 6 nitrogen and oxygen atoms in total. The van der Waals surface area contributed by atoms with Crippen molar-refractivity contribution < 1.29 is 18.8 Å². The summed E-state index contributed by atoms with van der Waals surface area (Å²) in [5, 5.41) is 13.6. The summed E-state index contributed by atoms with van der Waals surface area (Å²) in [5.41, 5.74) is 0.630. The third kappa shape index (κ3) is 4.32. The minimum Gasteiger partial charge on any atom is -0.491 e. The second kappa shape index (κ2) is 7.29. The maximum Gasteiger partial charge on any atom is 0.276 e. The minimum atomic E-state index is -0.795. The van der Waals surface area contributed by atoms with Crippen LogP contribution in [0.4, 0.5) is 15.8 Å². The van der Waals surface area contributed by atoms with E-state index < -0.39 is 22.3 Å². The number of nitrogens with one attached hydrogen (secondary N) is 1. The number of ether oxygens (including phenoxy) is 1. The van der Waals surface area contributed by atoms with Gasteiger partial charge in [0.1, 0.15) is 11.6 Å². The molecule has 0 spiro atoms. The van der Waals surface area contributed by atoms with Crippen molar-refractivity contribution in [2.75, 3.05) is 5.32 Å². The van der Waals surface area contributed by atoms with Gasteiger partial charge in [-0.05, 0) is 57.5 Å². The van der Waals surface area contributed by atoms with Crippen LogP contribution in [0.1, 0.15) is 35.3 Å². The van der Waals surface area contributed by atoms with E-state index in [1.165, 1.54) is 6.92 Å². The van der Waals surface area contributed by atoms with Gasteiger partial charge in [-0.2, -0.15) is 0 Å². The molecule has 0 radical (unpaired) electrons. The molecule has 0 aromatic heterocycles. The fourth-order valence-corrected chi connectivity index (χ4v) is 2.30. The van der Waals surface area contributed by atoms with Crippen molar-refractivity contribution in [1.82, 2.24) is 0 Å². The molecule has 2 rings (SSSR count). The molecule has 7 heteroatoms. The van der Waals surface area contributed by atoms with Crippen LogP contribution >= 0.6 is 0 Å². The molecular weight excluding hydrogens is 327 g/mol. The number of carbonyl (C=O) groups is 1. The maximum absolute atomic E-state index is 13.9. The highest BCUT2D eigenvalue weighted by Gasteiger charge is 2.20. The van der Waals surface area contributed by atoms with E-state index >= 15 is 0 Å². The number of aryl methyl sites for hydroxylation is 1. The second-order valence-corrected chi connectivity index (χ2v) is 5.96. The number of carbonyl (C=O) groups excluding carboxylic acids is 1. The SMILES string of the molecule is Cc1cc(OC(C)C)ccc1NC(=O)c1cc(F)c(C)c([N+](=O)[O-])c1. The lowest BCUT2D eigenvalue weighted by Gasteiger charge is -2.13. The number of hydrogen-bond donors (Lipinski definition) is 1. The Balaban J connectivity index is 2.27. The number of amides is 1. The average molecular weight is 346 g/mol. The van der Waals surface area contributed by atoms with Crippen LogP contribution in [0.3, 0.4) is 0 Å². The quantitative estimate of drug-likeness (QED) is 0.643. The number of hydrogen-bond acceptors (Lipinski definition) is 4. The summed E-state index contributed by atoms with van der Waals surface area (Å²) in [4.78, 5) is 22.6. The first-order chi connectivity index (χ1) is 11.7. The maximum atomic E-state index is 13.9. The molecule has 0 unspecified atom stereocenters. The predicted octanol–water partition coefficient (Wildman–Crippen LogP) is 4.39. The Morgan fingerprint density at radius 2 is 1.92 bits per heavy atom. The van der Waals surface area contributed by atoms with Gasteiger partial charge in [-0.25, -0.2) is 4.39 Å². The van der Waals surface area contributed by atoms with Gasteiger partial charge in [-0.1, -0.05) is 0 Å². The largest absolute Gasteiger partial charge is 0.491 e. The fraction of sp³-hybridized carbons (Fsp3) is 0.278. The van der Waals surface area contributed by atoms with Gasteiger partial charge in [0.15, 0.2) is 0 Å². The van der Waals surface area contributed by atoms with Crippen molar-refractivity contribution in [2.24, 2.45) is 0 Å². The Labute approximate surface area is 144 Å². The molecule has 0 fully saturated rings. The summed E-state index contributed by atoms with van der Waals surface area (Å²) in [5.74, 6) is -0.748. The van der Waals surface area contributed by atoms with Gasteiger partial charge in [-0.15, -0.1) is 0 Å². The highest BCUT2D eigenvalue weighted by atomic mass is 19.1. The smallest absolute Gasteiger partial charge is 0.276 e. The summed E-state index contributed by atoms with van der Waals surface area (Å²) in [6.45, 7) is 6.90. The molecule has 0 bridgehead atoms. The lowest BCUT2D eigenvalue weighted by atomic mass is 10.1. The first kappa shape index (κ1) is 18.4. The van der Waals surface area contributed by atoms with E-state index in [-0.39, 0.29) is 17.2 Å². The Kier molecular flexibility index (Phi) is 5.36. The van der Waals surface area contributed by atoms with Gasteiger partial charge in [0.05, 0.1) is 16.6 Å². The van der Waals surface area contributed by atoms with Gasteiger partial charge in [0, 0.05) is 17.3 Å².